The minimum atomic E-state index is 0.109. The molecular weight excluding hydrogens is 619 g/mol. The predicted molar refractivity (Wildman–Crippen MR) is 219 cm³/mol. The SMILES string of the molecule is C/C=C\c1ccc2c3c4ccccc4c4ccccc4c3n(-c3ccccc3)c2c1CC.CC1=CNC(c2ccccc2)=NC1c1ccccc1. The summed E-state index contributed by atoms with van der Waals surface area (Å²) >= 11 is 0. The largest absolute Gasteiger partial charge is 0.346 e. The van der Waals surface area contributed by atoms with Crippen molar-refractivity contribution in [1.29, 1.82) is 0 Å². The molecule has 3 nitrogen and oxygen atoms in total. The van der Waals surface area contributed by atoms with Crippen molar-refractivity contribution in [1.82, 2.24) is 9.88 Å². The third-order valence-corrected chi connectivity index (χ3v) is 9.94. The maximum absolute atomic E-state index is 4.84. The monoisotopic (exact) mass is 659 g/mol. The number of hydrogen-bond acceptors (Lipinski definition) is 2. The Hall–Kier alpha value is -6.19. The van der Waals surface area contributed by atoms with Crippen LogP contribution in [0.4, 0.5) is 0 Å². The van der Waals surface area contributed by atoms with Gasteiger partial charge in [-0.2, -0.15) is 0 Å². The number of hydrogen-bond donors (Lipinski definition) is 1. The van der Waals surface area contributed by atoms with E-state index in [2.05, 4.69) is 170 Å². The van der Waals surface area contributed by atoms with Crippen molar-refractivity contribution in [2.45, 2.75) is 33.2 Å². The molecule has 1 N–H and O–H groups in total. The van der Waals surface area contributed by atoms with Gasteiger partial charge in [-0.05, 0) is 70.8 Å². The van der Waals surface area contributed by atoms with E-state index in [-0.39, 0.29) is 6.04 Å². The Kier molecular flexibility index (Phi) is 8.78. The molecule has 51 heavy (non-hydrogen) atoms. The number of fused-ring (bicyclic) bond motifs is 8. The number of rotatable bonds is 5. The quantitative estimate of drug-likeness (QED) is 0.183. The van der Waals surface area contributed by atoms with E-state index in [1.165, 1.54) is 71.3 Å². The van der Waals surface area contributed by atoms with Crippen LogP contribution in [0.2, 0.25) is 0 Å². The second kappa shape index (κ2) is 14.0. The molecule has 1 unspecified atom stereocenters. The topological polar surface area (TPSA) is 29.3 Å². The van der Waals surface area contributed by atoms with Crippen LogP contribution < -0.4 is 5.32 Å². The van der Waals surface area contributed by atoms with Crippen LogP contribution >= 0.6 is 0 Å². The maximum atomic E-state index is 4.84. The zero-order valence-electron chi connectivity index (χ0n) is 29.3. The van der Waals surface area contributed by atoms with Crippen LogP contribution in [0.15, 0.2) is 175 Å². The lowest BCUT2D eigenvalue weighted by Crippen LogP contribution is -2.25. The van der Waals surface area contributed by atoms with Crippen molar-refractivity contribution in [2.75, 3.05) is 0 Å². The number of para-hydroxylation sites is 1. The highest BCUT2D eigenvalue weighted by atomic mass is 15.0. The molecule has 2 heterocycles. The minimum absolute atomic E-state index is 0.109. The van der Waals surface area contributed by atoms with Gasteiger partial charge >= 0.3 is 0 Å². The van der Waals surface area contributed by atoms with Crippen molar-refractivity contribution in [3.8, 4) is 5.69 Å². The summed E-state index contributed by atoms with van der Waals surface area (Å²) in [7, 11) is 0. The van der Waals surface area contributed by atoms with Gasteiger partial charge in [0.1, 0.15) is 5.84 Å². The Morgan fingerprint density at radius 1 is 0.627 bits per heavy atom. The molecule has 0 radical (unpaired) electrons. The molecule has 0 spiro atoms. The number of nitrogens with zero attached hydrogens (tertiary/aromatic N) is 2. The van der Waals surface area contributed by atoms with E-state index in [0.717, 1.165) is 17.8 Å². The zero-order valence-corrected chi connectivity index (χ0v) is 29.3. The second-order valence-electron chi connectivity index (χ2n) is 13.1. The summed E-state index contributed by atoms with van der Waals surface area (Å²) in [5.74, 6) is 0.931. The molecule has 0 fully saturated rings. The van der Waals surface area contributed by atoms with Crippen LogP contribution in [0.5, 0.6) is 0 Å². The van der Waals surface area contributed by atoms with Crippen LogP contribution in [-0.2, 0) is 6.42 Å². The molecule has 8 aromatic rings. The highest BCUT2D eigenvalue weighted by Gasteiger charge is 2.21. The first-order valence-electron chi connectivity index (χ1n) is 17.9. The van der Waals surface area contributed by atoms with Crippen molar-refractivity contribution in [3.05, 3.63) is 192 Å². The summed E-state index contributed by atoms with van der Waals surface area (Å²) in [6, 6.07) is 53.9. The number of aryl methyl sites for hydroxylation is 1. The molecule has 0 bridgehead atoms. The van der Waals surface area contributed by atoms with Crippen molar-refractivity contribution < 1.29 is 0 Å². The highest BCUT2D eigenvalue weighted by molar-refractivity contribution is 6.32. The Morgan fingerprint density at radius 2 is 1.22 bits per heavy atom. The summed E-state index contributed by atoms with van der Waals surface area (Å²) < 4.78 is 2.51. The number of aliphatic imine (C=N–C) groups is 1. The standard InChI is InChI=1S/C31H25N.C17H16N2/c1-3-12-21-19-20-28-29-26-17-10-8-15-24(26)25-16-9-11-18-27(25)31(29)32(30(28)23(21)4-2)22-13-6-5-7-14-22;1-13-12-18-17(15-10-6-3-7-11-15)19-16(13)14-8-4-2-5-9-14/h3,5-20H,4H2,1-2H3;2-12,16H,1H3,(H,18,19)/b12-3-;. The summed E-state index contributed by atoms with van der Waals surface area (Å²) in [4.78, 5) is 4.84. The smallest absolute Gasteiger partial charge is 0.133 e. The van der Waals surface area contributed by atoms with Crippen LogP contribution in [0.3, 0.4) is 0 Å². The first kappa shape index (κ1) is 32.0. The van der Waals surface area contributed by atoms with Gasteiger partial charge in [-0.3, -0.25) is 4.99 Å². The lowest BCUT2D eigenvalue weighted by atomic mass is 9.95. The molecule has 9 rings (SSSR count). The molecule has 3 heteroatoms. The van der Waals surface area contributed by atoms with Gasteiger partial charge in [0.05, 0.1) is 17.1 Å². The zero-order chi connectivity index (χ0) is 34.7. The van der Waals surface area contributed by atoms with Gasteiger partial charge in [0, 0.05) is 33.6 Å². The summed E-state index contributed by atoms with van der Waals surface area (Å²) in [6.07, 6.45) is 7.41. The normalized spacial score (nSPS) is 14.4. The first-order valence-corrected chi connectivity index (χ1v) is 17.9. The molecule has 0 amide bonds. The first-order chi connectivity index (χ1) is 25.2. The lowest BCUT2D eigenvalue weighted by molar-refractivity contribution is 0.810. The average Bonchev–Trinajstić information content (AvgIpc) is 3.55. The van der Waals surface area contributed by atoms with Gasteiger partial charge in [-0.25, -0.2) is 0 Å². The van der Waals surface area contributed by atoms with Gasteiger partial charge < -0.3 is 9.88 Å². The highest BCUT2D eigenvalue weighted by Crippen LogP contribution is 2.44. The Morgan fingerprint density at radius 3 is 1.88 bits per heavy atom. The van der Waals surface area contributed by atoms with Crippen LogP contribution in [-0.4, -0.2) is 10.4 Å². The van der Waals surface area contributed by atoms with Crippen molar-refractivity contribution in [3.63, 3.8) is 0 Å². The number of aromatic nitrogens is 1. The summed E-state index contributed by atoms with van der Waals surface area (Å²) in [5, 5.41) is 11.2. The van der Waals surface area contributed by atoms with Gasteiger partial charge in [0.2, 0.25) is 0 Å². The van der Waals surface area contributed by atoms with Crippen LogP contribution in [0.1, 0.15) is 49.1 Å². The molecule has 1 atom stereocenters. The molecule has 7 aromatic carbocycles. The number of benzene rings is 7. The van der Waals surface area contributed by atoms with E-state index in [9.17, 15) is 0 Å². The van der Waals surface area contributed by atoms with Crippen molar-refractivity contribution >= 4 is 55.3 Å². The van der Waals surface area contributed by atoms with Gasteiger partial charge in [-0.1, -0.05) is 159 Å². The van der Waals surface area contributed by atoms with Gasteiger partial charge in [0.15, 0.2) is 0 Å². The Labute approximate surface area is 299 Å². The second-order valence-corrected chi connectivity index (χ2v) is 13.1. The summed E-state index contributed by atoms with van der Waals surface area (Å²) in [5.41, 5.74) is 10.1. The maximum Gasteiger partial charge on any atom is 0.133 e. The molecule has 1 aliphatic heterocycles. The fourth-order valence-corrected chi connectivity index (χ4v) is 7.65. The van der Waals surface area contributed by atoms with Gasteiger partial charge in [-0.15, -0.1) is 0 Å². The molecule has 0 saturated heterocycles. The van der Waals surface area contributed by atoms with E-state index in [4.69, 9.17) is 4.99 Å². The van der Waals surface area contributed by atoms with E-state index < -0.39 is 0 Å². The summed E-state index contributed by atoms with van der Waals surface area (Å²) in [6.45, 7) is 6.47. The van der Waals surface area contributed by atoms with Gasteiger partial charge in [0.25, 0.3) is 0 Å². The number of nitrogens with one attached hydrogen (secondary N) is 1. The van der Waals surface area contributed by atoms with E-state index in [0.29, 0.717) is 0 Å². The number of amidine groups is 1. The van der Waals surface area contributed by atoms with Crippen LogP contribution in [0.25, 0.3) is 55.1 Å². The average molecular weight is 660 g/mol. The molecular formula is C48H41N3. The molecule has 0 saturated carbocycles. The lowest BCUT2D eigenvalue weighted by Gasteiger charge is -2.21. The molecule has 248 valence electrons. The van der Waals surface area contributed by atoms with E-state index >= 15 is 0 Å². The van der Waals surface area contributed by atoms with Crippen LogP contribution in [0, 0.1) is 0 Å². The number of allylic oxidation sites excluding steroid dienone is 1. The Bertz CT molecular complexity index is 2590. The third kappa shape index (κ3) is 5.81. The molecule has 0 aliphatic carbocycles. The minimum Gasteiger partial charge on any atom is -0.346 e. The molecule has 1 aromatic heterocycles. The Balaban J connectivity index is 0.000000168. The molecule has 1 aliphatic rings. The van der Waals surface area contributed by atoms with E-state index in [1.807, 2.05) is 30.5 Å². The predicted octanol–water partition coefficient (Wildman–Crippen LogP) is 12.4. The fourth-order valence-electron chi connectivity index (χ4n) is 7.65. The van der Waals surface area contributed by atoms with Crippen molar-refractivity contribution in [2.24, 2.45) is 4.99 Å². The third-order valence-electron chi connectivity index (χ3n) is 9.94. The van der Waals surface area contributed by atoms with E-state index in [1.54, 1.807) is 0 Å². The fraction of sp³-hybridized carbons (Fsp3) is 0.104.